The average Bonchev–Trinajstić information content (AvgIpc) is 1.35. The van der Waals surface area contributed by atoms with Gasteiger partial charge in [-0.2, -0.15) is 0 Å². The summed E-state index contributed by atoms with van der Waals surface area (Å²) in [6.07, 6.45) is 0. The first-order chi connectivity index (χ1) is 2.56. The molecule has 0 saturated heterocycles. The zero-order valence-corrected chi connectivity index (χ0v) is 6.69. The number of rotatable bonds is 1. The molecule has 0 rings (SSSR count). The molecule has 0 bridgehead atoms. The Balaban J connectivity index is 3.17. The third kappa shape index (κ3) is 4.69. The first-order valence-electron chi connectivity index (χ1n) is 1.93. The number of halogens is 1. The van der Waals surface area contributed by atoms with Gasteiger partial charge in [-0.25, -0.2) is 0 Å². The minimum Gasteiger partial charge on any atom is -0.323 e. The highest BCUT2D eigenvalue weighted by Crippen LogP contribution is 1.93. The van der Waals surface area contributed by atoms with Crippen LogP contribution in [0.25, 0.3) is 0 Å². The van der Waals surface area contributed by atoms with Crippen LogP contribution in [0.2, 0.25) is 0 Å². The molecule has 0 unspecified atom stereocenters. The maximum atomic E-state index is 2.37. The van der Waals surface area contributed by atoms with Crippen LogP contribution in [-0.2, 0) is 0 Å². The van der Waals surface area contributed by atoms with Gasteiger partial charge in [0.25, 0.3) is 0 Å². The molecule has 38 valence electrons. The summed E-state index contributed by atoms with van der Waals surface area (Å²) in [5.41, 5.74) is 0. The van der Waals surface area contributed by atoms with Crippen molar-refractivity contribution < 1.29 is 4.48 Å². The molecule has 0 aliphatic rings. The molecule has 0 saturated carbocycles. The van der Waals surface area contributed by atoms with E-state index in [4.69, 9.17) is 0 Å². The van der Waals surface area contributed by atoms with Crippen molar-refractivity contribution in [1.29, 1.82) is 0 Å². The summed E-state index contributed by atoms with van der Waals surface area (Å²) in [5, 5.41) is 0. The lowest BCUT2D eigenvalue weighted by Gasteiger charge is -2.19. The molecule has 0 aromatic carbocycles. The maximum Gasteiger partial charge on any atom is 0.129 e. The van der Waals surface area contributed by atoms with Gasteiger partial charge in [-0.05, 0) is 22.6 Å². The van der Waals surface area contributed by atoms with Crippen LogP contribution in [-0.4, -0.2) is 30.2 Å². The van der Waals surface area contributed by atoms with E-state index in [0.717, 1.165) is 4.48 Å². The van der Waals surface area contributed by atoms with Gasteiger partial charge in [0.15, 0.2) is 0 Å². The van der Waals surface area contributed by atoms with Crippen LogP contribution in [0, 0.1) is 0 Å². The third-order valence-corrected chi connectivity index (χ3v) is 2.41. The van der Waals surface area contributed by atoms with E-state index in [1.54, 1.807) is 0 Å². The van der Waals surface area contributed by atoms with Crippen molar-refractivity contribution in [2.75, 3.05) is 25.7 Å². The van der Waals surface area contributed by atoms with Crippen LogP contribution >= 0.6 is 22.6 Å². The maximum absolute atomic E-state index is 2.37. The molecule has 0 radical (unpaired) electrons. The topological polar surface area (TPSA) is 0 Å². The van der Waals surface area contributed by atoms with Gasteiger partial charge in [-0.1, -0.05) is 0 Å². The van der Waals surface area contributed by atoms with Crippen molar-refractivity contribution in [3.63, 3.8) is 0 Å². The lowest BCUT2D eigenvalue weighted by molar-refractivity contribution is -0.853. The van der Waals surface area contributed by atoms with Crippen LogP contribution in [0.15, 0.2) is 0 Å². The summed E-state index contributed by atoms with van der Waals surface area (Å²) in [6.45, 7) is 0. The van der Waals surface area contributed by atoms with Gasteiger partial charge in [0, 0.05) is 0 Å². The lowest BCUT2D eigenvalue weighted by Crippen LogP contribution is -2.31. The average molecular weight is 200 g/mol. The monoisotopic (exact) mass is 200 g/mol. The fourth-order valence-corrected chi connectivity index (χ4v) is 0. The zero-order chi connectivity index (χ0) is 5.21. The highest BCUT2D eigenvalue weighted by Gasteiger charge is 1.99. The van der Waals surface area contributed by atoms with E-state index in [9.17, 15) is 0 Å². The van der Waals surface area contributed by atoms with Crippen LogP contribution < -0.4 is 0 Å². The second-order valence-corrected chi connectivity index (χ2v) is 3.09. The number of hydrogen-bond donors (Lipinski definition) is 0. The van der Waals surface area contributed by atoms with E-state index in [1.807, 2.05) is 0 Å². The number of nitrogens with zero attached hydrogens (tertiary/aromatic N) is 1. The molecule has 6 heavy (non-hydrogen) atoms. The first-order valence-corrected chi connectivity index (χ1v) is 3.45. The van der Waals surface area contributed by atoms with Gasteiger partial charge in [-0.3, -0.25) is 0 Å². The third-order valence-electron chi connectivity index (χ3n) is 0.359. The van der Waals surface area contributed by atoms with Gasteiger partial charge in [-0.15, -0.1) is 0 Å². The Morgan fingerprint density at radius 2 is 1.50 bits per heavy atom. The highest BCUT2D eigenvalue weighted by atomic mass is 127. The predicted molar refractivity (Wildman–Crippen MR) is 36.9 cm³/mol. The normalized spacial score (nSPS) is 12.0. The summed E-state index contributed by atoms with van der Waals surface area (Å²) in [6, 6.07) is 0. The summed E-state index contributed by atoms with van der Waals surface area (Å²) in [7, 11) is 6.52. The Bertz CT molecular complexity index is 37.3. The Morgan fingerprint density at radius 3 is 1.50 bits per heavy atom. The van der Waals surface area contributed by atoms with Crippen LogP contribution in [0.4, 0.5) is 0 Å². The summed E-state index contributed by atoms with van der Waals surface area (Å²) in [5.74, 6) is 0. The van der Waals surface area contributed by atoms with E-state index in [-0.39, 0.29) is 0 Å². The quantitative estimate of drug-likeness (QED) is 0.257. The first kappa shape index (κ1) is 6.69. The molecule has 0 spiro atoms. The summed E-state index contributed by atoms with van der Waals surface area (Å²) < 4.78 is 2.23. The molecule has 0 N–H and O–H groups in total. The summed E-state index contributed by atoms with van der Waals surface area (Å²) in [4.78, 5) is 0. The predicted octanol–water partition coefficient (Wildman–Crippen LogP) is 1.09. The molecule has 0 aromatic rings. The Labute approximate surface area is 53.1 Å². The molecule has 0 aliphatic carbocycles. The van der Waals surface area contributed by atoms with Crippen molar-refractivity contribution in [2.45, 2.75) is 0 Å². The van der Waals surface area contributed by atoms with Crippen LogP contribution in [0.5, 0.6) is 0 Å². The van der Waals surface area contributed by atoms with Gasteiger partial charge in [0.05, 0.1) is 21.1 Å². The van der Waals surface area contributed by atoms with Gasteiger partial charge in [0.2, 0.25) is 0 Å². The molecule has 2 heteroatoms. The van der Waals surface area contributed by atoms with Crippen LogP contribution in [0.3, 0.4) is 0 Å². The molecule has 0 aromatic heterocycles. The highest BCUT2D eigenvalue weighted by molar-refractivity contribution is 14.1. The largest absolute Gasteiger partial charge is 0.323 e. The van der Waals surface area contributed by atoms with Gasteiger partial charge < -0.3 is 4.48 Å². The van der Waals surface area contributed by atoms with Gasteiger partial charge in [0.1, 0.15) is 4.55 Å². The van der Waals surface area contributed by atoms with E-state index < -0.39 is 0 Å². The molecule has 1 nitrogen and oxygen atoms in total. The zero-order valence-electron chi connectivity index (χ0n) is 4.53. The van der Waals surface area contributed by atoms with Crippen molar-refractivity contribution in [3.05, 3.63) is 0 Å². The Hall–Kier alpha value is 0.690. The smallest absolute Gasteiger partial charge is 0.129 e. The van der Waals surface area contributed by atoms with E-state index >= 15 is 0 Å². The molecule has 0 fully saturated rings. The van der Waals surface area contributed by atoms with Crippen molar-refractivity contribution in [2.24, 2.45) is 0 Å². The van der Waals surface area contributed by atoms with Gasteiger partial charge >= 0.3 is 0 Å². The standard InChI is InChI=1S/C4H11IN/c1-6(2,3)4-5/h4H2,1-3H3/q+1. The number of quaternary nitrogens is 1. The fourth-order valence-electron chi connectivity index (χ4n) is 0. The second kappa shape index (κ2) is 2.12. The lowest BCUT2D eigenvalue weighted by atomic mass is 10.8. The molecule has 0 heterocycles. The minimum atomic E-state index is 1.06. The number of hydrogen-bond acceptors (Lipinski definition) is 0. The Kier molecular flexibility index (Phi) is 2.36. The minimum absolute atomic E-state index is 1.06. The molecular formula is C4H11IN+. The van der Waals surface area contributed by atoms with Crippen molar-refractivity contribution >= 4 is 22.6 Å². The van der Waals surface area contributed by atoms with E-state index in [1.165, 1.54) is 4.55 Å². The van der Waals surface area contributed by atoms with E-state index in [2.05, 4.69) is 43.7 Å². The molecule has 0 amide bonds. The summed E-state index contributed by atoms with van der Waals surface area (Å²) >= 11 is 2.37. The van der Waals surface area contributed by atoms with Crippen molar-refractivity contribution in [3.8, 4) is 0 Å². The molecule has 0 aliphatic heterocycles. The second-order valence-electron chi connectivity index (χ2n) is 2.41. The SMILES string of the molecule is C[N+](C)(C)CI. The van der Waals surface area contributed by atoms with E-state index in [0.29, 0.717) is 0 Å². The molecular weight excluding hydrogens is 189 g/mol. The van der Waals surface area contributed by atoms with Crippen LogP contribution in [0.1, 0.15) is 0 Å². The number of alkyl halides is 1. The fraction of sp³-hybridized carbons (Fsp3) is 1.00. The van der Waals surface area contributed by atoms with Crippen molar-refractivity contribution in [1.82, 2.24) is 0 Å². The Morgan fingerprint density at radius 1 is 1.33 bits per heavy atom. The molecule has 0 atom stereocenters.